The second-order valence-corrected chi connectivity index (χ2v) is 19.1. The lowest BCUT2D eigenvalue weighted by molar-refractivity contribution is -0.256. The summed E-state index contributed by atoms with van der Waals surface area (Å²) in [4.78, 5) is 2.51. The van der Waals surface area contributed by atoms with Gasteiger partial charge < -0.3 is 29.2 Å². The molecule has 5 saturated carbocycles. The Morgan fingerprint density at radius 1 is 0.978 bits per heavy atom. The maximum atomic E-state index is 12.5. The molecule has 45 heavy (non-hydrogen) atoms. The number of hydrogen-bond donors (Lipinski definition) is 2. The van der Waals surface area contributed by atoms with E-state index in [9.17, 15) is 10.2 Å². The van der Waals surface area contributed by atoms with Gasteiger partial charge in [-0.25, -0.2) is 0 Å². The predicted molar refractivity (Wildman–Crippen MR) is 172 cm³/mol. The average molecular weight is 630 g/mol. The number of hydrogen-bond acceptors (Lipinski definition) is 7. The number of rotatable bonds is 5. The highest BCUT2D eigenvalue weighted by molar-refractivity contribution is 5.33. The number of morpholine rings is 1. The Bertz CT molecular complexity index is 1170. The zero-order valence-corrected chi connectivity index (χ0v) is 29.5. The highest BCUT2D eigenvalue weighted by Crippen LogP contribution is 2.89. The zero-order valence-electron chi connectivity index (χ0n) is 29.5. The van der Waals surface area contributed by atoms with Crippen molar-refractivity contribution in [3.05, 3.63) is 0 Å². The number of fused-ring (bicyclic) bond motifs is 4. The van der Waals surface area contributed by atoms with E-state index in [0.29, 0.717) is 40.5 Å². The van der Waals surface area contributed by atoms with Crippen molar-refractivity contribution in [2.24, 2.45) is 56.7 Å². The molecule has 5 unspecified atom stereocenters. The van der Waals surface area contributed by atoms with E-state index < -0.39 is 11.7 Å². The van der Waals surface area contributed by atoms with Crippen LogP contribution in [0.1, 0.15) is 107 Å². The van der Waals surface area contributed by atoms with Gasteiger partial charge in [-0.1, -0.05) is 41.5 Å². The van der Waals surface area contributed by atoms with Crippen molar-refractivity contribution in [3.8, 4) is 0 Å². The van der Waals surface area contributed by atoms with Crippen LogP contribution in [-0.2, 0) is 18.9 Å². The summed E-state index contributed by atoms with van der Waals surface area (Å²) in [6.45, 7) is 22.6. The lowest BCUT2D eigenvalue weighted by Crippen LogP contribution is -2.60. The highest BCUT2D eigenvalue weighted by Gasteiger charge is 2.84. The van der Waals surface area contributed by atoms with E-state index >= 15 is 0 Å². The Labute approximate surface area is 272 Å². The normalized spacial score (nSPS) is 54.9. The molecule has 0 aromatic carbocycles. The van der Waals surface area contributed by atoms with Gasteiger partial charge in [0.2, 0.25) is 0 Å². The molecule has 256 valence electrons. The average Bonchev–Trinajstić information content (AvgIpc) is 3.57. The fourth-order valence-electron chi connectivity index (χ4n) is 14.0. The molecule has 0 amide bonds. The minimum Gasteiger partial charge on any atom is -0.390 e. The lowest BCUT2D eigenvalue weighted by Gasteiger charge is -2.64. The molecule has 8 rings (SSSR count). The summed E-state index contributed by atoms with van der Waals surface area (Å²) in [5, 5.41) is 23.4. The molecule has 0 aromatic heterocycles. The van der Waals surface area contributed by atoms with Gasteiger partial charge in [0, 0.05) is 17.9 Å². The molecule has 3 aliphatic heterocycles. The third-order valence-corrected chi connectivity index (χ3v) is 17.0. The number of ether oxygens (including phenoxy) is 4. The Balaban J connectivity index is 1.03. The fourth-order valence-corrected chi connectivity index (χ4v) is 14.0. The summed E-state index contributed by atoms with van der Waals surface area (Å²) >= 11 is 0. The van der Waals surface area contributed by atoms with E-state index in [1.165, 1.54) is 38.5 Å². The van der Waals surface area contributed by atoms with Crippen LogP contribution in [0.25, 0.3) is 0 Å². The second kappa shape index (κ2) is 10.1. The summed E-state index contributed by atoms with van der Waals surface area (Å²) in [5.41, 5.74) is -0.0696. The van der Waals surface area contributed by atoms with Crippen LogP contribution in [0, 0.1) is 56.7 Å². The van der Waals surface area contributed by atoms with Crippen LogP contribution >= 0.6 is 0 Å². The molecule has 7 heteroatoms. The van der Waals surface area contributed by atoms with Gasteiger partial charge in [0.1, 0.15) is 0 Å². The monoisotopic (exact) mass is 629 g/mol. The molecule has 2 N–H and O–H groups in total. The molecule has 2 spiro atoms. The van der Waals surface area contributed by atoms with Crippen LogP contribution in [0.4, 0.5) is 0 Å². The molecule has 3 heterocycles. The Kier molecular flexibility index (Phi) is 7.20. The quantitative estimate of drug-likeness (QED) is 0.407. The van der Waals surface area contributed by atoms with Crippen molar-refractivity contribution in [1.29, 1.82) is 0 Å². The summed E-state index contributed by atoms with van der Waals surface area (Å²) in [6, 6.07) is 0.529. The van der Waals surface area contributed by atoms with E-state index in [1.807, 2.05) is 13.8 Å². The van der Waals surface area contributed by atoms with Gasteiger partial charge in [-0.15, -0.1) is 0 Å². The third kappa shape index (κ3) is 4.13. The predicted octanol–water partition coefficient (Wildman–Crippen LogP) is 5.65. The standard InChI is InChI=1S/C38H63NO6/c1-22-17-25(23(2)34(5,6)41)44-31-30(22)35(7)13-14-38-21-37(38)12-11-28(45-29-18-39(15-16-43-29)24-19-42-20-24)33(3,4)26(37)9-10-27(38)36(35,8)32(31)40/h22-32,40-41H,9-21H2,1-8H3/t22-,23+,25?,26+,27?,28+,29?,30+,31?,32+,35-,36-,37-,38?/m1/s1. The molecule has 8 aliphatic rings. The van der Waals surface area contributed by atoms with E-state index in [0.717, 1.165) is 45.8 Å². The molecule has 3 saturated heterocycles. The maximum Gasteiger partial charge on any atom is 0.170 e. The largest absolute Gasteiger partial charge is 0.390 e. The van der Waals surface area contributed by atoms with Gasteiger partial charge in [0.25, 0.3) is 0 Å². The molecular formula is C38H63NO6. The van der Waals surface area contributed by atoms with Crippen molar-refractivity contribution in [1.82, 2.24) is 4.90 Å². The Morgan fingerprint density at radius 2 is 1.69 bits per heavy atom. The van der Waals surface area contributed by atoms with Crippen LogP contribution in [0.15, 0.2) is 0 Å². The summed E-state index contributed by atoms with van der Waals surface area (Å²) < 4.78 is 25.5. The molecular weight excluding hydrogens is 566 g/mol. The van der Waals surface area contributed by atoms with Gasteiger partial charge in [-0.05, 0) is 111 Å². The molecule has 8 fully saturated rings. The van der Waals surface area contributed by atoms with Crippen molar-refractivity contribution in [3.63, 3.8) is 0 Å². The number of aliphatic hydroxyl groups excluding tert-OH is 1. The maximum absolute atomic E-state index is 12.5. The smallest absolute Gasteiger partial charge is 0.170 e. The van der Waals surface area contributed by atoms with Crippen LogP contribution < -0.4 is 0 Å². The van der Waals surface area contributed by atoms with Crippen LogP contribution in [0.3, 0.4) is 0 Å². The van der Waals surface area contributed by atoms with Gasteiger partial charge in [-0.3, -0.25) is 4.90 Å². The molecule has 0 bridgehead atoms. The SMILES string of the molecule is C[C@@H]1CC([C@H](C)C(C)(C)O)OC2[C@H]1[C@@]1(C)CCC34C[C@@]35CC[C@H](OC3CN(C6COC6)CCO3)C(C)(C)[C@@H]5CCC4[C@]1(C)[C@H]2O. The van der Waals surface area contributed by atoms with Crippen molar-refractivity contribution < 1.29 is 29.2 Å². The number of nitrogens with zero attached hydrogens (tertiary/aromatic N) is 1. The van der Waals surface area contributed by atoms with Gasteiger partial charge in [0.15, 0.2) is 6.29 Å². The van der Waals surface area contributed by atoms with Crippen molar-refractivity contribution in [2.45, 2.75) is 149 Å². The first kappa shape index (κ1) is 32.0. The first-order chi connectivity index (χ1) is 21.1. The lowest BCUT2D eigenvalue weighted by atomic mass is 9.41. The van der Waals surface area contributed by atoms with E-state index in [4.69, 9.17) is 18.9 Å². The van der Waals surface area contributed by atoms with Crippen LogP contribution in [-0.4, -0.2) is 90.4 Å². The highest BCUT2D eigenvalue weighted by atomic mass is 16.7. The first-order valence-corrected chi connectivity index (χ1v) is 18.7. The molecule has 7 nitrogen and oxygen atoms in total. The van der Waals surface area contributed by atoms with E-state index in [2.05, 4.69) is 46.4 Å². The van der Waals surface area contributed by atoms with Crippen molar-refractivity contribution in [2.75, 3.05) is 32.9 Å². The minimum atomic E-state index is -0.798. The molecule has 14 atom stereocenters. The van der Waals surface area contributed by atoms with Crippen molar-refractivity contribution >= 4 is 0 Å². The summed E-state index contributed by atoms with van der Waals surface area (Å²) in [5.74, 6) is 2.06. The van der Waals surface area contributed by atoms with E-state index in [1.54, 1.807) is 0 Å². The fraction of sp³-hybridized carbons (Fsp3) is 1.00. The zero-order chi connectivity index (χ0) is 31.9. The van der Waals surface area contributed by atoms with E-state index in [-0.39, 0.29) is 46.8 Å². The Hall–Kier alpha value is -0.280. The topological polar surface area (TPSA) is 80.6 Å². The minimum absolute atomic E-state index is 0.0152. The van der Waals surface area contributed by atoms with Gasteiger partial charge in [-0.2, -0.15) is 0 Å². The third-order valence-electron chi connectivity index (χ3n) is 17.0. The van der Waals surface area contributed by atoms with Gasteiger partial charge in [0.05, 0.1) is 62.4 Å². The van der Waals surface area contributed by atoms with Crippen LogP contribution in [0.2, 0.25) is 0 Å². The Morgan fingerprint density at radius 3 is 2.38 bits per heavy atom. The second-order valence-electron chi connectivity index (χ2n) is 19.1. The molecule has 5 aliphatic carbocycles. The van der Waals surface area contributed by atoms with Gasteiger partial charge >= 0.3 is 0 Å². The molecule has 0 aromatic rings. The van der Waals surface area contributed by atoms with Crippen LogP contribution in [0.5, 0.6) is 0 Å². The number of aliphatic hydroxyl groups is 2. The first-order valence-electron chi connectivity index (χ1n) is 18.7. The summed E-state index contributed by atoms with van der Waals surface area (Å²) in [6.07, 6.45) is 9.09. The molecule has 0 radical (unpaired) electrons. The summed E-state index contributed by atoms with van der Waals surface area (Å²) in [7, 11) is 0.